The molecule has 1 unspecified atom stereocenters. The molecule has 3 heteroatoms. The zero-order valence-corrected chi connectivity index (χ0v) is 10.9. The molecule has 0 saturated heterocycles. The zero-order chi connectivity index (χ0) is 12.1. The Bertz CT molecular complexity index is 325. The van der Waals surface area contributed by atoms with E-state index in [1.165, 1.54) is 5.56 Å². The summed E-state index contributed by atoms with van der Waals surface area (Å²) in [6, 6.07) is 4.06. The molecule has 0 aromatic heterocycles. The Morgan fingerprint density at radius 2 is 2.06 bits per heavy atom. The first-order chi connectivity index (χ1) is 7.58. The second kappa shape index (κ2) is 6.12. The minimum Gasteiger partial charge on any atom is -0.396 e. The smallest absolute Gasteiger partial charge is 0.0642 e. The lowest BCUT2D eigenvalue weighted by molar-refractivity contribution is 0.230. The number of anilines is 1. The van der Waals surface area contributed by atoms with E-state index in [1.54, 1.807) is 0 Å². The SMILES string of the molecule is CCC(CO)CNc1c(C)cc(C)cc1Cl. The van der Waals surface area contributed by atoms with Crippen LogP contribution in [0.15, 0.2) is 12.1 Å². The van der Waals surface area contributed by atoms with Gasteiger partial charge in [0.15, 0.2) is 0 Å². The number of aryl methyl sites for hydroxylation is 2. The van der Waals surface area contributed by atoms with Gasteiger partial charge in [0.25, 0.3) is 0 Å². The van der Waals surface area contributed by atoms with Crippen LogP contribution in [0.4, 0.5) is 5.69 Å². The Morgan fingerprint density at radius 3 is 2.56 bits per heavy atom. The molecule has 0 bridgehead atoms. The number of aliphatic hydroxyl groups is 1. The van der Waals surface area contributed by atoms with Gasteiger partial charge in [-0.05, 0) is 43.4 Å². The van der Waals surface area contributed by atoms with Gasteiger partial charge in [-0.15, -0.1) is 0 Å². The number of hydrogen-bond acceptors (Lipinski definition) is 2. The summed E-state index contributed by atoms with van der Waals surface area (Å²) in [6.07, 6.45) is 0.964. The van der Waals surface area contributed by atoms with Crippen molar-refractivity contribution in [3.63, 3.8) is 0 Å². The highest BCUT2D eigenvalue weighted by molar-refractivity contribution is 6.33. The van der Waals surface area contributed by atoms with Gasteiger partial charge in [0.2, 0.25) is 0 Å². The van der Waals surface area contributed by atoms with Crippen molar-refractivity contribution >= 4 is 17.3 Å². The van der Waals surface area contributed by atoms with Crippen LogP contribution in [0.3, 0.4) is 0 Å². The molecular weight excluding hydrogens is 222 g/mol. The average Bonchev–Trinajstić information content (AvgIpc) is 2.22. The molecule has 0 aliphatic heterocycles. The molecule has 1 aromatic carbocycles. The first-order valence-electron chi connectivity index (χ1n) is 5.70. The molecule has 2 N–H and O–H groups in total. The van der Waals surface area contributed by atoms with E-state index in [4.69, 9.17) is 16.7 Å². The lowest BCUT2D eigenvalue weighted by Gasteiger charge is -2.16. The van der Waals surface area contributed by atoms with E-state index in [-0.39, 0.29) is 12.5 Å². The van der Waals surface area contributed by atoms with Crippen LogP contribution in [0, 0.1) is 19.8 Å². The number of halogens is 1. The van der Waals surface area contributed by atoms with Crippen LogP contribution in [0.1, 0.15) is 24.5 Å². The van der Waals surface area contributed by atoms with Crippen LogP contribution in [0.5, 0.6) is 0 Å². The van der Waals surface area contributed by atoms with Gasteiger partial charge in [0, 0.05) is 13.2 Å². The maximum Gasteiger partial charge on any atom is 0.0642 e. The molecule has 1 aromatic rings. The predicted octanol–water partition coefficient (Wildman–Crippen LogP) is 3.39. The summed E-state index contributed by atoms with van der Waals surface area (Å²) in [6.45, 7) is 7.13. The van der Waals surface area contributed by atoms with Crippen LogP contribution in [-0.4, -0.2) is 18.3 Å². The Hall–Kier alpha value is -0.730. The summed E-state index contributed by atoms with van der Waals surface area (Å²) in [5.74, 6) is 0.289. The number of nitrogens with one attached hydrogen (secondary N) is 1. The van der Waals surface area contributed by atoms with E-state index in [9.17, 15) is 0 Å². The Labute approximate surface area is 103 Å². The van der Waals surface area contributed by atoms with Crippen molar-refractivity contribution in [2.24, 2.45) is 5.92 Å². The van der Waals surface area contributed by atoms with Gasteiger partial charge < -0.3 is 10.4 Å². The third-order valence-corrected chi connectivity index (χ3v) is 3.13. The number of hydrogen-bond donors (Lipinski definition) is 2. The van der Waals surface area contributed by atoms with Crippen molar-refractivity contribution in [3.8, 4) is 0 Å². The monoisotopic (exact) mass is 241 g/mol. The molecule has 0 aliphatic carbocycles. The summed E-state index contributed by atoms with van der Waals surface area (Å²) in [5.41, 5.74) is 3.30. The fourth-order valence-corrected chi connectivity index (χ4v) is 2.11. The molecule has 0 radical (unpaired) electrons. The molecule has 1 atom stereocenters. The number of benzene rings is 1. The van der Waals surface area contributed by atoms with Crippen LogP contribution >= 0.6 is 11.6 Å². The molecule has 2 nitrogen and oxygen atoms in total. The number of aliphatic hydroxyl groups excluding tert-OH is 1. The zero-order valence-electron chi connectivity index (χ0n) is 10.2. The van der Waals surface area contributed by atoms with Crippen molar-refractivity contribution in [1.82, 2.24) is 0 Å². The first-order valence-corrected chi connectivity index (χ1v) is 6.07. The molecule has 16 heavy (non-hydrogen) atoms. The van der Waals surface area contributed by atoms with Crippen molar-refractivity contribution in [1.29, 1.82) is 0 Å². The minimum atomic E-state index is 0.214. The lowest BCUT2D eigenvalue weighted by Crippen LogP contribution is -2.17. The third-order valence-electron chi connectivity index (χ3n) is 2.83. The lowest BCUT2D eigenvalue weighted by atomic mass is 10.1. The van der Waals surface area contributed by atoms with E-state index >= 15 is 0 Å². The summed E-state index contributed by atoms with van der Waals surface area (Å²) in [7, 11) is 0. The minimum absolute atomic E-state index is 0.214. The van der Waals surface area contributed by atoms with Crippen molar-refractivity contribution in [2.75, 3.05) is 18.5 Å². The standard InChI is InChI=1S/C13H20ClNO/c1-4-11(8-16)7-15-13-10(3)5-9(2)6-12(13)14/h5-6,11,15-16H,4,7-8H2,1-3H3. The molecule has 0 amide bonds. The van der Waals surface area contributed by atoms with E-state index in [1.807, 2.05) is 19.9 Å². The maximum atomic E-state index is 9.11. The maximum absolute atomic E-state index is 9.11. The summed E-state index contributed by atoms with van der Waals surface area (Å²) >= 11 is 6.18. The van der Waals surface area contributed by atoms with Gasteiger partial charge in [-0.1, -0.05) is 24.6 Å². The van der Waals surface area contributed by atoms with Crippen molar-refractivity contribution < 1.29 is 5.11 Å². The number of rotatable bonds is 5. The highest BCUT2D eigenvalue weighted by atomic mass is 35.5. The quantitative estimate of drug-likeness (QED) is 0.828. The molecule has 0 fully saturated rings. The van der Waals surface area contributed by atoms with E-state index in [2.05, 4.69) is 18.3 Å². The molecular formula is C13H20ClNO. The summed E-state index contributed by atoms with van der Waals surface area (Å²) < 4.78 is 0. The largest absolute Gasteiger partial charge is 0.396 e. The molecule has 0 spiro atoms. The predicted molar refractivity (Wildman–Crippen MR) is 70.3 cm³/mol. The second-order valence-electron chi connectivity index (χ2n) is 4.28. The first kappa shape index (κ1) is 13.3. The van der Waals surface area contributed by atoms with Crippen LogP contribution in [-0.2, 0) is 0 Å². The van der Waals surface area contributed by atoms with Crippen molar-refractivity contribution in [3.05, 3.63) is 28.3 Å². The van der Waals surface area contributed by atoms with Gasteiger partial charge in [-0.25, -0.2) is 0 Å². The molecule has 0 saturated carbocycles. The van der Waals surface area contributed by atoms with E-state index in [0.717, 1.165) is 29.2 Å². The summed E-state index contributed by atoms with van der Waals surface area (Å²) in [4.78, 5) is 0. The molecule has 1 rings (SSSR count). The van der Waals surface area contributed by atoms with Gasteiger partial charge in [-0.2, -0.15) is 0 Å². The molecule has 90 valence electrons. The van der Waals surface area contributed by atoms with Gasteiger partial charge in [0.05, 0.1) is 10.7 Å². The van der Waals surface area contributed by atoms with E-state index < -0.39 is 0 Å². The fourth-order valence-electron chi connectivity index (χ4n) is 1.72. The van der Waals surface area contributed by atoms with Crippen LogP contribution in [0.2, 0.25) is 5.02 Å². The Kier molecular flexibility index (Phi) is 5.10. The van der Waals surface area contributed by atoms with Crippen LogP contribution < -0.4 is 5.32 Å². The average molecular weight is 242 g/mol. The van der Waals surface area contributed by atoms with Crippen LogP contribution in [0.25, 0.3) is 0 Å². The Morgan fingerprint density at radius 1 is 1.38 bits per heavy atom. The van der Waals surface area contributed by atoms with Gasteiger partial charge in [0.1, 0.15) is 0 Å². The third kappa shape index (κ3) is 3.39. The van der Waals surface area contributed by atoms with Gasteiger partial charge >= 0.3 is 0 Å². The summed E-state index contributed by atoms with van der Waals surface area (Å²) in [5, 5.41) is 13.2. The topological polar surface area (TPSA) is 32.3 Å². The highest BCUT2D eigenvalue weighted by Gasteiger charge is 2.08. The highest BCUT2D eigenvalue weighted by Crippen LogP contribution is 2.27. The fraction of sp³-hybridized carbons (Fsp3) is 0.538. The molecule has 0 heterocycles. The van der Waals surface area contributed by atoms with E-state index in [0.29, 0.717) is 0 Å². The Balaban J connectivity index is 2.74. The van der Waals surface area contributed by atoms with Crippen molar-refractivity contribution in [2.45, 2.75) is 27.2 Å². The molecule has 0 aliphatic rings. The van der Waals surface area contributed by atoms with Gasteiger partial charge in [-0.3, -0.25) is 0 Å². The normalized spacial score (nSPS) is 12.6. The second-order valence-corrected chi connectivity index (χ2v) is 4.68.